The third-order valence-corrected chi connectivity index (χ3v) is 5.54. The minimum atomic E-state index is -0.0153. The average Bonchev–Trinajstić information content (AvgIpc) is 3.47. The largest absolute Gasteiger partial charge is 0.352 e. The van der Waals surface area contributed by atoms with Crippen molar-refractivity contribution >= 4 is 29.0 Å². The van der Waals surface area contributed by atoms with Gasteiger partial charge in [0.05, 0.1) is 10.6 Å². The van der Waals surface area contributed by atoms with Crippen LogP contribution in [0.25, 0.3) is 5.65 Å². The zero-order valence-electron chi connectivity index (χ0n) is 14.8. The second-order valence-corrected chi connectivity index (χ2v) is 7.46. The van der Waals surface area contributed by atoms with E-state index >= 15 is 0 Å². The Morgan fingerprint density at radius 1 is 1.00 bits per heavy atom. The number of anilines is 1. The predicted molar refractivity (Wildman–Crippen MR) is 102 cm³/mol. The molecule has 1 saturated carbocycles. The Morgan fingerprint density at radius 3 is 2.52 bits per heavy atom. The summed E-state index contributed by atoms with van der Waals surface area (Å²) in [5, 5.41) is 13.7. The minimum absolute atomic E-state index is 0.0153. The van der Waals surface area contributed by atoms with Crippen LogP contribution in [0.5, 0.6) is 0 Å². The molecule has 1 saturated heterocycles. The second-order valence-electron chi connectivity index (χ2n) is 7.05. The summed E-state index contributed by atoms with van der Waals surface area (Å²) in [6.45, 7) is 2.74. The molecule has 2 aliphatic rings. The number of benzene rings is 1. The third-order valence-electron chi connectivity index (χ3n) is 5.21. The lowest BCUT2D eigenvalue weighted by Gasteiger charge is -2.35. The van der Waals surface area contributed by atoms with Crippen molar-refractivity contribution in [3.63, 3.8) is 0 Å². The molecular weight excluding hydrogens is 364 g/mol. The first-order chi connectivity index (χ1) is 13.2. The summed E-state index contributed by atoms with van der Waals surface area (Å²) in [6.07, 6.45) is 2.32. The molecule has 0 unspecified atom stereocenters. The van der Waals surface area contributed by atoms with Crippen LogP contribution in [0, 0.1) is 0 Å². The normalized spacial score (nSPS) is 17.5. The quantitative estimate of drug-likeness (QED) is 0.696. The van der Waals surface area contributed by atoms with E-state index in [-0.39, 0.29) is 5.91 Å². The fourth-order valence-corrected chi connectivity index (χ4v) is 3.72. The first-order valence-electron chi connectivity index (χ1n) is 9.22. The standard InChI is InChI=1S/C19H19ClN6O/c20-15-4-2-1-3-14(15)19(27)25-11-9-24(10-12-25)17-8-7-16-21-22-18(13-5-6-13)26(16)23-17/h1-4,7-8,13H,5-6,9-12H2. The summed E-state index contributed by atoms with van der Waals surface area (Å²) in [4.78, 5) is 16.8. The topological polar surface area (TPSA) is 66.6 Å². The molecule has 2 fully saturated rings. The van der Waals surface area contributed by atoms with Gasteiger partial charge in [0.1, 0.15) is 5.82 Å². The molecule has 0 radical (unpaired) electrons. The van der Waals surface area contributed by atoms with Crippen LogP contribution >= 0.6 is 11.6 Å². The molecule has 3 aromatic rings. The van der Waals surface area contributed by atoms with Crippen LogP contribution in [0.3, 0.4) is 0 Å². The molecule has 3 heterocycles. The number of aromatic nitrogens is 4. The summed E-state index contributed by atoms with van der Waals surface area (Å²) < 4.78 is 1.87. The van der Waals surface area contributed by atoms with Crippen LogP contribution in [0.4, 0.5) is 5.82 Å². The van der Waals surface area contributed by atoms with E-state index in [1.165, 1.54) is 0 Å². The lowest BCUT2D eigenvalue weighted by Crippen LogP contribution is -2.49. The van der Waals surface area contributed by atoms with Gasteiger partial charge in [0.15, 0.2) is 11.5 Å². The molecule has 1 aromatic carbocycles. The minimum Gasteiger partial charge on any atom is -0.352 e. The highest BCUT2D eigenvalue weighted by atomic mass is 35.5. The van der Waals surface area contributed by atoms with Gasteiger partial charge in [-0.05, 0) is 37.1 Å². The zero-order chi connectivity index (χ0) is 18.4. The Kier molecular flexibility index (Phi) is 3.97. The SMILES string of the molecule is O=C(c1ccccc1Cl)N1CCN(c2ccc3nnc(C4CC4)n3n2)CC1. The molecule has 138 valence electrons. The van der Waals surface area contributed by atoms with Crippen molar-refractivity contribution in [2.24, 2.45) is 0 Å². The van der Waals surface area contributed by atoms with Crippen molar-refractivity contribution in [2.75, 3.05) is 31.1 Å². The van der Waals surface area contributed by atoms with Gasteiger partial charge in [-0.2, -0.15) is 4.52 Å². The van der Waals surface area contributed by atoms with E-state index in [0.717, 1.165) is 43.2 Å². The number of halogens is 1. The Morgan fingerprint density at radius 2 is 1.78 bits per heavy atom. The predicted octanol–water partition coefficient (Wildman–Crippen LogP) is 2.62. The number of fused-ring (bicyclic) bond motifs is 1. The van der Waals surface area contributed by atoms with E-state index in [0.29, 0.717) is 29.6 Å². The molecule has 1 aliphatic heterocycles. The third kappa shape index (κ3) is 3.02. The van der Waals surface area contributed by atoms with Crippen molar-refractivity contribution in [3.05, 3.63) is 52.8 Å². The maximum absolute atomic E-state index is 12.7. The van der Waals surface area contributed by atoms with Crippen LogP contribution < -0.4 is 4.90 Å². The van der Waals surface area contributed by atoms with Crippen LogP contribution in [0.15, 0.2) is 36.4 Å². The molecule has 2 aromatic heterocycles. The number of hydrogen-bond donors (Lipinski definition) is 0. The van der Waals surface area contributed by atoms with Crippen molar-refractivity contribution in [2.45, 2.75) is 18.8 Å². The molecular formula is C19H19ClN6O. The van der Waals surface area contributed by atoms with Crippen molar-refractivity contribution in [1.82, 2.24) is 24.7 Å². The Bertz CT molecular complexity index is 1010. The molecule has 1 aliphatic carbocycles. The van der Waals surface area contributed by atoms with Gasteiger partial charge in [-0.15, -0.1) is 15.3 Å². The van der Waals surface area contributed by atoms with Crippen molar-refractivity contribution < 1.29 is 4.79 Å². The highest BCUT2D eigenvalue weighted by Crippen LogP contribution is 2.38. The van der Waals surface area contributed by atoms with E-state index in [4.69, 9.17) is 16.7 Å². The van der Waals surface area contributed by atoms with Gasteiger partial charge < -0.3 is 9.80 Å². The van der Waals surface area contributed by atoms with Crippen LogP contribution in [0.2, 0.25) is 5.02 Å². The van der Waals surface area contributed by atoms with Gasteiger partial charge in [0.25, 0.3) is 5.91 Å². The monoisotopic (exact) mass is 382 g/mol. The molecule has 0 atom stereocenters. The molecule has 0 spiro atoms. The highest BCUT2D eigenvalue weighted by molar-refractivity contribution is 6.33. The van der Waals surface area contributed by atoms with Gasteiger partial charge in [0.2, 0.25) is 0 Å². The van der Waals surface area contributed by atoms with E-state index in [1.54, 1.807) is 12.1 Å². The van der Waals surface area contributed by atoms with Gasteiger partial charge in [-0.1, -0.05) is 23.7 Å². The van der Waals surface area contributed by atoms with E-state index < -0.39 is 0 Å². The van der Waals surface area contributed by atoms with Crippen LogP contribution in [-0.4, -0.2) is 56.8 Å². The summed E-state index contributed by atoms with van der Waals surface area (Å²) in [7, 11) is 0. The number of amides is 1. The number of carbonyl (C=O) groups excluding carboxylic acids is 1. The first-order valence-corrected chi connectivity index (χ1v) is 9.59. The number of carbonyl (C=O) groups is 1. The van der Waals surface area contributed by atoms with E-state index in [9.17, 15) is 4.79 Å². The Labute approximate surface area is 161 Å². The average molecular weight is 383 g/mol. The fraction of sp³-hybridized carbons (Fsp3) is 0.368. The molecule has 0 N–H and O–H groups in total. The molecule has 27 heavy (non-hydrogen) atoms. The van der Waals surface area contributed by atoms with Crippen LogP contribution in [-0.2, 0) is 0 Å². The Hall–Kier alpha value is -2.67. The van der Waals surface area contributed by atoms with E-state index in [2.05, 4.69) is 15.1 Å². The van der Waals surface area contributed by atoms with Gasteiger partial charge >= 0.3 is 0 Å². The lowest BCUT2D eigenvalue weighted by molar-refractivity contribution is 0.0746. The fourth-order valence-electron chi connectivity index (χ4n) is 3.50. The summed E-state index contributed by atoms with van der Waals surface area (Å²) in [5.74, 6) is 2.33. The van der Waals surface area contributed by atoms with Crippen LogP contribution in [0.1, 0.15) is 34.9 Å². The lowest BCUT2D eigenvalue weighted by atomic mass is 10.2. The summed E-state index contributed by atoms with van der Waals surface area (Å²) in [5.41, 5.74) is 1.35. The molecule has 7 nitrogen and oxygen atoms in total. The molecule has 5 rings (SSSR count). The molecule has 8 heteroatoms. The molecule has 0 bridgehead atoms. The maximum atomic E-state index is 12.7. The number of nitrogens with zero attached hydrogens (tertiary/aromatic N) is 6. The van der Waals surface area contributed by atoms with E-state index in [1.807, 2.05) is 33.7 Å². The zero-order valence-corrected chi connectivity index (χ0v) is 15.5. The molecule has 1 amide bonds. The smallest absolute Gasteiger partial charge is 0.255 e. The van der Waals surface area contributed by atoms with Gasteiger partial charge in [0, 0.05) is 32.1 Å². The van der Waals surface area contributed by atoms with Gasteiger partial charge in [-0.3, -0.25) is 4.79 Å². The summed E-state index contributed by atoms with van der Waals surface area (Å²) >= 11 is 6.17. The van der Waals surface area contributed by atoms with Gasteiger partial charge in [-0.25, -0.2) is 0 Å². The second kappa shape index (κ2) is 6.49. The first kappa shape index (κ1) is 16.5. The highest BCUT2D eigenvalue weighted by Gasteiger charge is 2.30. The van der Waals surface area contributed by atoms with Crippen molar-refractivity contribution in [3.8, 4) is 0 Å². The maximum Gasteiger partial charge on any atom is 0.255 e. The summed E-state index contributed by atoms with van der Waals surface area (Å²) in [6, 6.07) is 11.1. The van der Waals surface area contributed by atoms with Crippen molar-refractivity contribution in [1.29, 1.82) is 0 Å². The number of rotatable bonds is 3. The Balaban J connectivity index is 1.32. The number of piperazine rings is 1. The number of hydrogen-bond acceptors (Lipinski definition) is 5.